The lowest BCUT2D eigenvalue weighted by Crippen LogP contribution is -2.19. The van der Waals surface area contributed by atoms with Crippen LogP contribution in [0, 0.1) is 0 Å². The molecule has 0 amide bonds. The summed E-state index contributed by atoms with van der Waals surface area (Å²) in [6.45, 7) is 5.65. The Balaban J connectivity index is 2.93. The Morgan fingerprint density at radius 1 is 1.44 bits per heavy atom. The van der Waals surface area contributed by atoms with Gasteiger partial charge in [0, 0.05) is 21.3 Å². The lowest BCUT2D eigenvalue weighted by Gasteiger charge is -2.12. The van der Waals surface area contributed by atoms with Gasteiger partial charge in [0.1, 0.15) is 11.0 Å². The quantitative estimate of drug-likeness (QED) is 0.757. The third-order valence-corrected chi connectivity index (χ3v) is 4.07. The summed E-state index contributed by atoms with van der Waals surface area (Å²) < 4.78 is 16.3. The van der Waals surface area contributed by atoms with Crippen molar-refractivity contribution in [2.45, 2.75) is 25.5 Å². The molecule has 0 aliphatic carbocycles. The zero-order valence-corrected chi connectivity index (χ0v) is 12.5. The van der Waals surface area contributed by atoms with Crippen LogP contribution in [0.3, 0.4) is 0 Å². The maximum absolute atomic E-state index is 11.7. The minimum absolute atomic E-state index is 0.346. The van der Waals surface area contributed by atoms with E-state index in [4.69, 9.17) is 11.6 Å². The number of hydrogen-bond donors (Lipinski definition) is 0. The van der Waals surface area contributed by atoms with Gasteiger partial charge in [0.05, 0.1) is 4.75 Å². The van der Waals surface area contributed by atoms with Gasteiger partial charge in [0.25, 0.3) is 0 Å². The molecule has 0 unspecified atom stereocenters. The van der Waals surface area contributed by atoms with Crippen LogP contribution in [0.4, 0.5) is 0 Å². The number of halogens is 2. The van der Waals surface area contributed by atoms with E-state index in [1.165, 1.54) is 0 Å². The Bertz CT molecular complexity index is 440. The Labute approximate surface area is 112 Å². The molecule has 0 N–H and O–H groups in total. The minimum atomic E-state index is -1.25. The Morgan fingerprint density at radius 3 is 2.62 bits per heavy atom. The highest BCUT2D eigenvalue weighted by Gasteiger charge is 2.18. The van der Waals surface area contributed by atoms with Crippen LogP contribution in [-0.2, 0) is 11.0 Å². The standard InChI is InChI=1S/C11H13BrClNOS/c1-11(2,3)16(15)14-7-8-6-9(13)4-5-10(8)12/h4-7H,1-3H3/t16-/m0/s1. The fourth-order valence-electron chi connectivity index (χ4n) is 0.876. The second-order valence-corrected chi connectivity index (χ2v) is 7.49. The molecule has 1 aromatic carbocycles. The molecule has 88 valence electrons. The average molecular weight is 323 g/mol. The van der Waals surface area contributed by atoms with Crippen LogP contribution in [0.5, 0.6) is 0 Å². The minimum Gasteiger partial charge on any atom is -0.234 e. The van der Waals surface area contributed by atoms with Crippen molar-refractivity contribution in [3.05, 3.63) is 33.3 Å². The van der Waals surface area contributed by atoms with Crippen molar-refractivity contribution >= 4 is 44.7 Å². The van der Waals surface area contributed by atoms with Gasteiger partial charge in [-0.25, -0.2) is 4.21 Å². The molecule has 16 heavy (non-hydrogen) atoms. The third-order valence-electron chi connectivity index (χ3n) is 1.77. The van der Waals surface area contributed by atoms with Crippen molar-refractivity contribution in [3.63, 3.8) is 0 Å². The van der Waals surface area contributed by atoms with E-state index in [2.05, 4.69) is 20.3 Å². The molecule has 0 aliphatic heterocycles. The molecule has 0 saturated heterocycles. The van der Waals surface area contributed by atoms with Gasteiger partial charge in [-0.05, 0) is 39.0 Å². The first-order valence-corrected chi connectivity index (χ1v) is 6.99. The van der Waals surface area contributed by atoms with Gasteiger partial charge in [-0.2, -0.15) is 4.40 Å². The summed E-state index contributed by atoms with van der Waals surface area (Å²) in [7, 11) is -1.25. The molecule has 1 atom stereocenters. The SMILES string of the molecule is CC(C)(C)[S@](=O)N=Cc1cc(Cl)ccc1Br. The highest BCUT2D eigenvalue weighted by molar-refractivity contribution is 9.10. The molecule has 0 bridgehead atoms. The van der Waals surface area contributed by atoms with Crippen molar-refractivity contribution in [1.82, 2.24) is 0 Å². The van der Waals surface area contributed by atoms with E-state index >= 15 is 0 Å². The molecule has 2 nitrogen and oxygen atoms in total. The fourth-order valence-corrected chi connectivity index (χ4v) is 1.93. The topological polar surface area (TPSA) is 29.4 Å². The summed E-state index contributed by atoms with van der Waals surface area (Å²) in [5, 5.41) is 0.631. The van der Waals surface area contributed by atoms with Crippen LogP contribution in [-0.4, -0.2) is 15.2 Å². The lowest BCUT2D eigenvalue weighted by atomic mass is 10.2. The van der Waals surface area contributed by atoms with Crippen LogP contribution in [0.1, 0.15) is 26.3 Å². The summed E-state index contributed by atoms with van der Waals surface area (Å²) in [6.07, 6.45) is 1.58. The first-order valence-electron chi connectivity index (χ1n) is 4.72. The molecule has 0 heterocycles. The van der Waals surface area contributed by atoms with E-state index in [0.717, 1.165) is 10.0 Å². The summed E-state index contributed by atoms with van der Waals surface area (Å²) >= 11 is 9.25. The van der Waals surface area contributed by atoms with Gasteiger partial charge in [0.15, 0.2) is 0 Å². The smallest absolute Gasteiger partial charge is 0.144 e. The zero-order valence-electron chi connectivity index (χ0n) is 9.33. The second-order valence-electron chi connectivity index (χ2n) is 4.26. The molecule has 5 heteroatoms. The average Bonchev–Trinajstić information content (AvgIpc) is 2.17. The third kappa shape index (κ3) is 4.00. The molecule has 0 aliphatic rings. The van der Waals surface area contributed by atoms with Crippen molar-refractivity contribution < 1.29 is 4.21 Å². The van der Waals surface area contributed by atoms with Gasteiger partial charge in [-0.3, -0.25) is 0 Å². The lowest BCUT2D eigenvalue weighted by molar-refractivity contribution is 0.651. The van der Waals surface area contributed by atoms with E-state index in [1.54, 1.807) is 18.3 Å². The Kier molecular flexibility index (Phi) is 4.71. The number of benzene rings is 1. The van der Waals surface area contributed by atoms with Crippen LogP contribution < -0.4 is 0 Å². The molecular formula is C11H13BrClNOS. The summed E-state index contributed by atoms with van der Waals surface area (Å²) in [4.78, 5) is 0. The second kappa shape index (κ2) is 5.43. The molecule has 0 fully saturated rings. The molecule has 1 rings (SSSR count). The number of nitrogens with zero attached hydrogens (tertiary/aromatic N) is 1. The van der Waals surface area contributed by atoms with Crippen LogP contribution in [0.25, 0.3) is 0 Å². The van der Waals surface area contributed by atoms with Gasteiger partial charge in [-0.1, -0.05) is 27.5 Å². The maximum Gasteiger partial charge on any atom is 0.144 e. The number of rotatable bonds is 2. The molecule has 0 aromatic heterocycles. The highest BCUT2D eigenvalue weighted by Crippen LogP contribution is 2.20. The zero-order chi connectivity index (χ0) is 12.3. The first kappa shape index (κ1) is 13.9. The van der Waals surface area contributed by atoms with Crippen molar-refractivity contribution in [2.24, 2.45) is 4.40 Å². The predicted molar refractivity (Wildman–Crippen MR) is 74.6 cm³/mol. The molecule has 0 saturated carbocycles. The van der Waals surface area contributed by atoms with Crippen molar-refractivity contribution in [1.29, 1.82) is 0 Å². The maximum atomic E-state index is 11.7. The largest absolute Gasteiger partial charge is 0.234 e. The molecular weight excluding hydrogens is 310 g/mol. The Morgan fingerprint density at radius 2 is 2.06 bits per heavy atom. The summed E-state index contributed by atoms with van der Waals surface area (Å²) in [5.74, 6) is 0. The van der Waals surface area contributed by atoms with E-state index in [9.17, 15) is 4.21 Å². The van der Waals surface area contributed by atoms with Crippen LogP contribution >= 0.6 is 27.5 Å². The summed E-state index contributed by atoms with van der Waals surface area (Å²) in [5.41, 5.74) is 0.824. The monoisotopic (exact) mass is 321 g/mol. The van der Waals surface area contributed by atoms with Crippen LogP contribution in [0.2, 0.25) is 5.02 Å². The number of hydrogen-bond acceptors (Lipinski definition) is 1. The Hall–Kier alpha value is -0.190. The molecule has 0 radical (unpaired) electrons. The fraction of sp³-hybridized carbons (Fsp3) is 0.364. The van der Waals surface area contributed by atoms with E-state index in [-0.39, 0.29) is 4.75 Å². The van der Waals surface area contributed by atoms with Gasteiger partial charge in [-0.15, -0.1) is 0 Å². The first-order chi connectivity index (χ1) is 7.30. The van der Waals surface area contributed by atoms with E-state index < -0.39 is 11.0 Å². The predicted octanol–water partition coefficient (Wildman–Crippen LogP) is 3.98. The normalized spacial score (nSPS) is 14.3. The van der Waals surface area contributed by atoms with Gasteiger partial charge >= 0.3 is 0 Å². The molecule has 0 spiro atoms. The summed E-state index contributed by atoms with van der Waals surface area (Å²) in [6, 6.07) is 5.39. The van der Waals surface area contributed by atoms with Crippen LogP contribution in [0.15, 0.2) is 27.1 Å². The highest BCUT2D eigenvalue weighted by atomic mass is 79.9. The van der Waals surface area contributed by atoms with E-state index in [1.807, 2.05) is 26.8 Å². The van der Waals surface area contributed by atoms with Gasteiger partial charge < -0.3 is 0 Å². The van der Waals surface area contributed by atoms with E-state index in [0.29, 0.717) is 5.02 Å². The van der Waals surface area contributed by atoms with Gasteiger partial charge in [0.2, 0.25) is 0 Å². The van der Waals surface area contributed by atoms with Crippen molar-refractivity contribution in [3.8, 4) is 0 Å². The molecule has 1 aromatic rings. The van der Waals surface area contributed by atoms with Crippen molar-refractivity contribution in [2.75, 3.05) is 0 Å².